The van der Waals surface area contributed by atoms with Crippen LogP contribution in [0.5, 0.6) is 11.5 Å². The van der Waals surface area contributed by atoms with Crippen molar-refractivity contribution in [2.75, 3.05) is 13.2 Å². The van der Waals surface area contributed by atoms with Crippen molar-refractivity contribution in [2.45, 2.75) is 20.8 Å². The summed E-state index contributed by atoms with van der Waals surface area (Å²) in [6.07, 6.45) is 1.50. The SMILES string of the molecule is CC(=O)c1c(C)[nH]c(C(=O)/C(C#N)=C/c2ccc3c(c2)OCCO3)c1C. The monoisotopic (exact) mass is 350 g/mol. The molecule has 0 aliphatic carbocycles. The summed E-state index contributed by atoms with van der Waals surface area (Å²) in [6, 6.07) is 7.18. The van der Waals surface area contributed by atoms with E-state index in [9.17, 15) is 14.9 Å². The second-order valence-electron chi connectivity index (χ2n) is 6.08. The third-order valence-corrected chi connectivity index (χ3v) is 4.26. The molecule has 6 nitrogen and oxygen atoms in total. The van der Waals surface area contributed by atoms with Gasteiger partial charge in [-0.3, -0.25) is 9.59 Å². The zero-order valence-electron chi connectivity index (χ0n) is 14.8. The number of benzene rings is 1. The molecule has 2 aromatic rings. The summed E-state index contributed by atoms with van der Waals surface area (Å²) in [5, 5.41) is 9.46. The van der Waals surface area contributed by atoms with Crippen molar-refractivity contribution in [3.05, 3.63) is 51.9 Å². The second-order valence-corrected chi connectivity index (χ2v) is 6.08. The molecule has 1 aliphatic heterocycles. The van der Waals surface area contributed by atoms with Crippen LogP contribution in [0.2, 0.25) is 0 Å². The molecule has 2 heterocycles. The number of aromatic nitrogens is 1. The van der Waals surface area contributed by atoms with E-state index in [0.717, 1.165) is 0 Å². The summed E-state index contributed by atoms with van der Waals surface area (Å²) in [5.74, 6) is 0.654. The van der Waals surface area contributed by atoms with E-state index in [2.05, 4.69) is 4.98 Å². The summed E-state index contributed by atoms with van der Waals surface area (Å²) in [4.78, 5) is 27.5. The molecular formula is C20H18N2O4. The lowest BCUT2D eigenvalue weighted by Crippen LogP contribution is -2.15. The molecule has 0 saturated heterocycles. The lowest BCUT2D eigenvalue weighted by Gasteiger charge is -2.18. The quantitative estimate of drug-likeness (QED) is 0.518. The molecule has 1 N–H and O–H groups in total. The van der Waals surface area contributed by atoms with Crippen molar-refractivity contribution in [1.82, 2.24) is 4.98 Å². The van der Waals surface area contributed by atoms with E-state index in [0.29, 0.717) is 47.1 Å². The van der Waals surface area contributed by atoms with Crippen LogP contribution in [0.3, 0.4) is 0 Å². The number of nitrogens with one attached hydrogen (secondary N) is 1. The number of Topliss-reactive ketones (excluding diaryl/α,β-unsaturated/α-hetero) is 2. The van der Waals surface area contributed by atoms with E-state index >= 15 is 0 Å². The first kappa shape index (κ1) is 17.5. The lowest BCUT2D eigenvalue weighted by atomic mass is 10.0. The molecule has 3 rings (SSSR count). The normalized spacial score (nSPS) is 13.2. The molecule has 0 bridgehead atoms. The minimum Gasteiger partial charge on any atom is -0.486 e. The van der Waals surface area contributed by atoms with Gasteiger partial charge in [0.2, 0.25) is 5.78 Å². The summed E-state index contributed by atoms with van der Waals surface area (Å²) in [5.41, 5.74) is 2.56. The molecular weight excluding hydrogens is 332 g/mol. The van der Waals surface area contributed by atoms with Gasteiger partial charge in [-0.05, 0) is 50.1 Å². The number of carbonyl (C=O) groups is 2. The topological polar surface area (TPSA) is 92.2 Å². The van der Waals surface area contributed by atoms with Crippen molar-refractivity contribution >= 4 is 17.6 Å². The van der Waals surface area contributed by atoms with Crippen LogP contribution in [-0.2, 0) is 0 Å². The average molecular weight is 350 g/mol. The van der Waals surface area contributed by atoms with Gasteiger partial charge in [-0.2, -0.15) is 5.26 Å². The van der Waals surface area contributed by atoms with Crippen LogP contribution in [0.15, 0.2) is 23.8 Å². The zero-order valence-corrected chi connectivity index (χ0v) is 14.8. The zero-order chi connectivity index (χ0) is 18.8. The molecule has 1 aliphatic rings. The van der Waals surface area contributed by atoms with Crippen LogP contribution in [0.25, 0.3) is 6.08 Å². The molecule has 0 saturated carbocycles. The highest BCUT2D eigenvalue weighted by Gasteiger charge is 2.22. The number of allylic oxidation sites excluding steroid dienone is 1. The fourth-order valence-electron chi connectivity index (χ4n) is 3.10. The van der Waals surface area contributed by atoms with E-state index in [-0.39, 0.29) is 17.1 Å². The summed E-state index contributed by atoms with van der Waals surface area (Å²) in [6.45, 7) is 5.84. The Morgan fingerprint density at radius 2 is 1.88 bits per heavy atom. The maximum absolute atomic E-state index is 12.8. The van der Waals surface area contributed by atoms with Gasteiger partial charge in [-0.25, -0.2) is 0 Å². The smallest absolute Gasteiger partial charge is 0.219 e. The van der Waals surface area contributed by atoms with Crippen molar-refractivity contribution < 1.29 is 19.1 Å². The molecule has 132 valence electrons. The number of fused-ring (bicyclic) bond motifs is 1. The van der Waals surface area contributed by atoms with Crippen molar-refractivity contribution in [2.24, 2.45) is 0 Å². The van der Waals surface area contributed by atoms with Gasteiger partial charge in [0.1, 0.15) is 24.9 Å². The van der Waals surface area contributed by atoms with Crippen LogP contribution >= 0.6 is 0 Å². The number of aromatic amines is 1. The van der Waals surface area contributed by atoms with Crippen LogP contribution in [0, 0.1) is 25.2 Å². The third-order valence-electron chi connectivity index (χ3n) is 4.26. The Morgan fingerprint density at radius 1 is 1.19 bits per heavy atom. The van der Waals surface area contributed by atoms with Gasteiger partial charge < -0.3 is 14.5 Å². The van der Waals surface area contributed by atoms with Gasteiger partial charge in [-0.1, -0.05) is 6.07 Å². The second kappa shape index (κ2) is 6.89. The van der Waals surface area contributed by atoms with Crippen LogP contribution < -0.4 is 9.47 Å². The third kappa shape index (κ3) is 3.11. The average Bonchev–Trinajstić information content (AvgIpc) is 2.93. The van der Waals surface area contributed by atoms with Crippen molar-refractivity contribution in [3.8, 4) is 17.6 Å². The van der Waals surface area contributed by atoms with Gasteiger partial charge in [0, 0.05) is 11.3 Å². The van der Waals surface area contributed by atoms with Crippen molar-refractivity contribution in [3.63, 3.8) is 0 Å². The molecule has 0 unspecified atom stereocenters. The number of ether oxygens (including phenoxy) is 2. The predicted molar refractivity (Wildman–Crippen MR) is 95.6 cm³/mol. The van der Waals surface area contributed by atoms with E-state index in [4.69, 9.17) is 9.47 Å². The number of H-pyrrole nitrogens is 1. The highest BCUT2D eigenvalue weighted by atomic mass is 16.6. The number of nitriles is 1. The fraction of sp³-hybridized carbons (Fsp3) is 0.250. The molecule has 0 amide bonds. The molecule has 0 fully saturated rings. The van der Waals surface area contributed by atoms with Gasteiger partial charge in [0.25, 0.3) is 0 Å². The summed E-state index contributed by atoms with van der Waals surface area (Å²) in [7, 11) is 0. The Bertz CT molecular complexity index is 976. The first-order valence-corrected chi connectivity index (χ1v) is 8.18. The molecule has 1 aromatic carbocycles. The van der Waals surface area contributed by atoms with E-state index in [1.807, 2.05) is 6.07 Å². The largest absolute Gasteiger partial charge is 0.486 e. The fourth-order valence-corrected chi connectivity index (χ4v) is 3.10. The molecule has 26 heavy (non-hydrogen) atoms. The molecule has 0 atom stereocenters. The highest BCUT2D eigenvalue weighted by Crippen LogP contribution is 2.31. The van der Waals surface area contributed by atoms with E-state index in [1.165, 1.54) is 13.0 Å². The number of rotatable bonds is 4. The Kier molecular flexibility index (Phi) is 4.63. The standard InChI is InChI=1S/C20H18N2O4/c1-11-18(13(3)23)12(2)22-19(11)20(24)15(10-21)8-14-4-5-16-17(9-14)26-7-6-25-16/h4-5,8-9,22H,6-7H2,1-3H3/b15-8+. The van der Waals surface area contributed by atoms with E-state index < -0.39 is 5.78 Å². The first-order valence-electron chi connectivity index (χ1n) is 8.18. The maximum atomic E-state index is 12.8. The number of carbonyl (C=O) groups excluding carboxylic acids is 2. The number of hydrogen-bond acceptors (Lipinski definition) is 5. The van der Waals surface area contributed by atoms with Crippen LogP contribution in [-0.4, -0.2) is 29.8 Å². The summed E-state index contributed by atoms with van der Waals surface area (Å²) < 4.78 is 11.0. The molecule has 1 aromatic heterocycles. The maximum Gasteiger partial charge on any atom is 0.219 e. The Morgan fingerprint density at radius 3 is 2.50 bits per heavy atom. The summed E-state index contributed by atoms with van der Waals surface area (Å²) >= 11 is 0. The lowest BCUT2D eigenvalue weighted by molar-refractivity contribution is 0.101. The molecule has 0 radical (unpaired) electrons. The Hall–Kier alpha value is -3.33. The highest BCUT2D eigenvalue weighted by molar-refractivity contribution is 6.15. The predicted octanol–water partition coefficient (Wildman–Crippen LogP) is 3.40. The number of ketones is 2. The molecule has 6 heteroatoms. The first-order chi connectivity index (χ1) is 12.4. The number of hydrogen-bond donors (Lipinski definition) is 1. The van der Waals surface area contributed by atoms with Crippen LogP contribution in [0.1, 0.15) is 44.6 Å². The van der Waals surface area contributed by atoms with Gasteiger partial charge >= 0.3 is 0 Å². The number of aryl methyl sites for hydroxylation is 1. The van der Waals surface area contributed by atoms with E-state index in [1.54, 1.807) is 32.0 Å². The minimum atomic E-state index is -0.449. The van der Waals surface area contributed by atoms with Crippen molar-refractivity contribution in [1.29, 1.82) is 5.26 Å². The van der Waals surface area contributed by atoms with Gasteiger partial charge in [0.15, 0.2) is 17.3 Å². The number of nitrogens with zero attached hydrogens (tertiary/aromatic N) is 1. The Balaban J connectivity index is 1.98. The van der Waals surface area contributed by atoms with Crippen LogP contribution in [0.4, 0.5) is 0 Å². The van der Waals surface area contributed by atoms with Gasteiger partial charge in [-0.15, -0.1) is 0 Å². The Labute approximate surface area is 151 Å². The van der Waals surface area contributed by atoms with Gasteiger partial charge in [0.05, 0.1) is 5.69 Å². The minimum absolute atomic E-state index is 0.0267. The molecule has 0 spiro atoms.